The molecule has 0 aliphatic carbocycles. The molecule has 0 saturated carbocycles. The van der Waals surface area contributed by atoms with Crippen LogP contribution < -0.4 is 16.4 Å². The van der Waals surface area contributed by atoms with Crippen LogP contribution in [0, 0.1) is 31.1 Å². The number of aliphatic carboxylic acids is 1. The molecule has 0 aliphatic rings. The van der Waals surface area contributed by atoms with E-state index in [1.165, 1.54) is 4.90 Å². The minimum absolute atomic E-state index is 0.0284. The number of hydrogen-bond donors (Lipinski definition) is 5. The van der Waals surface area contributed by atoms with E-state index in [2.05, 4.69) is 22.5 Å². The summed E-state index contributed by atoms with van der Waals surface area (Å²) in [5.41, 5.74) is 10.2. The van der Waals surface area contributed by atoms with Gasteiger partial charge >= 0.3 is 12.0 Å². The topological polar surface area (TPSA) is 132 Å². The molecule has 8 nitrogen and oxygen atoms in total. The van der Waals surface area contributed by atoms with Gasteiger partial charge in [-0.3, -0.25) is 10.2 Å². The predicted octanol–water partition coefficient (Wildman–Crippen LogP) is 3.38. The smallest absolute Gasteiger partial charge is 0.323 e. The van der Waals surface area contributed by atoms with Crippen molar-refractivity contribution in [3.05, 3.63) is 58.7 Å². The number of amides is 2. The number of carboxylic acids is 1. The Labute approximate surface area is 188 Å². The number of hydrogen-bond acceptors (Lipinski definition) is 4. The summed E-state index contributed by atoms with van der Waals surface area (Å²) in [6, 6.07) is 10.3. The van der Waals surface area contributed by atoms with Crippen molar-refractivity contribution in [2.45, 2.75) is 33.7 Å². The van der Waals surface area contributed by atoms with E-state index in [4.69, 9.17) is 16.2 Å². The number of carbonyl (C=O) groups excluding carboxylic acids is 1. The fourth-order valence-electron chi connectivity index (χ4n) is 2.96. The summed E-state index contributed by atoms with van der Waals surface area (Å²) < 4.78 is 0. The lowest BCUT2D eigenvalue weighted by Gasteiger charge is -2.25. The molecule has 32 heavy (non-hydrogen) atoms. The molecule has 168 valence electrons. The van der Waals surface area contributed by atoms with Gasteiger partial charge in [-0.1, -0.05) is 11.8 Å². The standard InChI is InChI=1S/C24H29N5O3/c1-15(2)29(14-22(30)31)24(32)28-21-13-16(3)19(12-17(21)4)6-5-11-27-20-9-7-18(8-10-20)23(25)26/h7-10,12-13,15,27H,11,14H2,1-4H3,(H3,25,26)(H,28,32)(H,30,31). The van der Waals surface area contributed by atoms with E-state index in [0.29, 0.717) is 17.8 Å². The summed E-state index contributed by atoms with van der Waals surface area (Å²) in [5.74, 6) is 5.18. The number of carbonyl (C=O) groups is 2. The van der Waals surface area contributed by atoms with Crippen LogP contribution in [0.25, 0.3) is 0 Å². The highest BCUT2D eigenvalue weighted by Gasteiger charge is 2.20. The number of carboxylic acid groups (broad SMARTS) is 1. The SMILES string of the molecule is Cc1cc(NC(=O)N(CC(=O)O)C(C)C)c(C)cc1C#CCNc1ccc(C(=N)N)cc1. The van der Waals surface area contributed by atoms with Gasteiger partial charge in [0.05, 0.1) is 6.54 Å². The van der Waals surface area contributed by atoms with Crippen LogP contribution in [-0.4, -0.2) is 47.0 Å². The second-order valence-corrected chi connectivity index (χ2v) is 7.67. The molecule has 0 spiro atoms. The van der Waals surface area contributed by atoms with Gasteiger partial charge in [-0.15, -0.1) is 0 Å². The number of urea groups is 1. The number of nitrogen functional groups attached to an aromatic ring is 1. The zero-order valence-electron chi connectivity index (χ0n) is 18.7. The fraction of sp³-hybridized carbons (Fsp3) is 0.292. The van der Waals surface area contributed by atoms with Gasteiger partial charge < -0.3 is 26.4 Å². The fourth-order valence-corrected chi connectivity index (χ4v) is 2.96. The van der Waals surface area contributed by atoms with Crippen LogP contribution in [0.2, 0.25) is 0 Å². The summed E-state index contributed by atoms with van der Waals surface area (Å²) in [4.78, 5) is 24.8. The Morgan fingerprint density at radius 3 is 2.38 bits per heavy atom. The number of nitrogens with zero attached hydrogens (tertiary/aromatic N) is 1. The van der Waals surface area contributed by atoms with Crippen LogP contribution in [0.15, 0.2) is 36.4 Å². The van der Waals surface area contributed by atoms with Crippen LogP contribution >= 0.6 is 0 Å². The first-order valence-electron chi connectivity index (χ1n) is 10.2. The number of benzene rings is 2. The third kappa shape index (κ3) is 6.77. The molecule has 0 fully saturated rings. The third-order valence-corrected chi connectivity index (χ3v) is 4.80. The van der Waals surface area contributed by atoms with Gasteiger partial charge in [0.1, 0.15) is 12.4 Å². The lowest BCUT2D eigenvalue weighted by Crippen LogP contribution is -2.43. The Kier molecular flexibility index (Phi) is 8.24. The number of nitrogens with two attached hydrogens (primary N) is 1. The average molecular weight is 436 g/mol. The third-order valence-electron chi connectivity index (χ3n) is 4.80. The molecular weight excluding hydrogens is 406 g/mol. The van der Waals surface area contributed by atoms with E-state index in [1.54, 1.807) is 26.0 Å². The molecule has 0 bridgehead atoms. The number of amidine groups is 1. The average Bonchev–Trinajstić information content (AvgIpc) is 2.72. The molecule has 0 saturated heterocycles. The lowest BCUT2D eigenvalue weighted by molar-refractivity contribution is -0.137. The molecule has 0 radical (unpaired) electrons. The Hall–Kier alpha value is -3.99. The van der Waals surface area contributed by atoms with E-state index < -0.39 is 12.0 Å². The quantitative estimate of drug-likeness (QED) is 0.258. The normalized spacial score (nSPS) is 10.2. The molecule has 2 rings (SSSR count). The second-order valence-electron chi connectivity index (χ2n) is 7.67. The van der Waals surface area contributed by atoms with Crippen molar-refractivity contribution in [2.24, 2.45) is 5.73 Å². The molecule has 8 heteroatoms. The van der Waals surface area contributed by atoms with E-state index in [1.807, 2.05) is 38.1 Å². The van der Waals surface area contributed by atoms with Crippen LogP contribution in [0.1, 0.15) is 36.1 Å². The van der Waals surface area contributed by atoms with Gasteiger partial charge in [-0.25, -0.2) is 4.79 Å². The van der Waals surface area contributed by atoms with E-state index in [0.717, 1.165) is 22.4 Å². The minimum atomic E-state index is -1.06. The van der Waals surface area contributed by atoms with Crippen molar-refractivity contribution in [3.63, 3.8) is 0 Å². The maximum atomic E-state index is 12.5. The molecular formula is C24H29N5O3. The van der Waals surface area contributed by atoms with Crippen LogP contribution in [0.4, 0.5) is 16.2 Å². The first kappa shape index (κ1) is 24.3. The zero-order valence-corrected chi connectivity index (χ0v) is 18.7. The molecule has 0 unspecified atom stereocenters. The lowest BCUT2D eigenvalue weighted by atomic mass is 10.0. The number of rotatable bonds is 7. The highest BCUT2D eigenvalue weighted by atomic mass is 16.4. The Morgan fingerprint density at radius 2 is 1.81 bits per heavy atom. The van der Waals surface area contributed by atoms with Crippen LogP contribution in [-0.2, 0) is 4.79 Å². The zero-order chi connectivity index (χ0) is 23.8. The van der Waals surface area contributed by atoms with Gasteiger partial charge in [0.2, 0.25) is 0 Å². The molecule has 2 aromatic rings. The summed E-state index contributed by atoms with van der Waals surface area (Å²) >= 11 is 0. The molecule has 0 aromatic heterocycles. The maximum absolute atomic E-state index is 12.5. The van der Waals surface area contributed by atoms with E-state index >= 15 is 0 Å². The van der Waals surface area contributed by atoms with Crippen molar-refractivity contribution in [3.8, 4) is 11.8 Å². The molecule has 0 aliphatic heterocycles. The van der Waals surface area contributed by atoms with Crippen LogP contribution in [0.5, 0.6) is 0 Å². The van der Waals surface area contributed by atoms with Gasteiger partial charge in [0.25, 0.3) is 0 Å². The van der Waals surface area contributed by atoms with Crippen molar-refractivity contribution in [2.75, 3.05) is 23.7 Å². The van der Waals surface area contributed by atoms with Gasteiger partial charge in [-0.2, -0.15) is 0 Å². The highest BCUT2D eigenvalue weighted by Crippen LogP contribution is 2.21. The number of aryl methyl sites for hydroxylation is 2. The Bertz CT molecular complexity index is 1070. The predicted molar refractivity (Wildman–Crippen MR) is 127 cm³/mol. The number of anilines is 2. The summed E-state index contributed by atoms with van der Waals surface area (Å²) in [5, 5.41) is 22.4. The summed E-state index contributed by atoms with van der Waals surface area (Å²) in [7, 11) is 0. The monoisotopic (exact) mass is 435 g/mol. The summed E-state index contributed by atoms with van der Waals surface area (Å²) in [6.07, 6.45) is 0. The van der Waals surface area contributed by atoms with E-state index in [-0.39, 0.29) is 18.4 Å². The number of nitrogens with one attached hydrogen (secondary N) is 3. The molecule has 6 N–H and O–H groups in total. The van der Waals surface area contributed by atoms with Crippen molar-refractivity contribution in [1.29, 1.82) is 5.41 Å². The first-order chi connectivity index (χ1) is 15.1. The van der Waals surface area contributed by atoms with Crippen molar-refractivity contribution >= 4 is 29.2 Å². The van der Waals surface area contributed by atoms with Gasteiger partial charge in [-0.05, 0) is 75.2 Å². The highest BCUT2D eigenvalue weighted by molar-refractivity contribution is 5.95. The Balaban J connectivity index is 2.05. The van der Waals surface area contributed by atoms with Gasteiger partial charge in [0.15, 0.2) is 0 Å². The molecule has 2 amide bonds. The molecule has 0 atom stereocenters. The minimum Gasteiger partial charge on any atom is -0.480 e. The van der Waals surface area contributed by atoms with Crippen LogP contribution in [0.3, 0.4) is 0 Å². The van der Waals surface area contributed by atoms with Crippen molar-refractivity contribution < 1.29 is 14.7 Å². The first-order valence-corrected chi connectivity index (χ1v) is 10.2. The molecule has 2 aromatic carbocycles. The summed E-state index contributed by atoms with van der Waals surface area (Å²) in [6.45, 7) is 7.39. The maximum Gasteiger partial charge on any atom is 0.323 e. The Morgan fingerprint density at radius 1 is 1.16 bits per heavy atom. The largest absolute Gasteiger partial charge is 0.480 e. The van der Waals surface area contributed by atoms with Gasteiger partial charge in [0, 0.05) is 28.5 Å². The second kappa shape index (κ2) is 10.9. The van der Waals surface area contributed by atoms with Crippen molar-refractivity contribution in [1.82, 2.24) is 4.90 Å². The van der Waals surface area contributed by atoms with E-state index in [9.17, 15) is 9.59 Å². The molecule has 0 heterocycles.